The summed E-state index contributed by atoms with van der Waals surface area (Å²) in [6, 6.07) is 2.78. The van der Waals surface area contributed by atoms with E-state index in [1.54, 1.807) is 20.0 Å². The number of carboxylic acid groups (broad SMARTS) is 2. The molecule has 1 aromatic heterocycles. The molecule has 10 N–H and O–H groups in total. The Morgan fingerprint density at radius 1 is 0.875 bits per heavy atom. The second-order valence-corrected chi connectivity index (χ2v) is 10.1. The van der Waals surface area contributed by atoms with Crippen LogP contribution in [0.25, 0.3) is 10.9 Å². The summed E-state index contributed by atoms with van der Waals surface area (Å²) in [5, 5.41) is 27.0. The molecule has 3 amide bonds. The summed E-state index contributed by atoms with van der Waals surface area (Å²) < 4.78 is 0. The van der Waals surface area contributed by atoms with Gasteiger partial charge in [-0.3, -0.25) is 19.2 Å². The summed E-state index contributed by atoms with van der Waals surface area (Å²) in [7, 11) is 0. The number of carbonyl (C=O) groups is 5. The van der Waals surface area contributed by atoms with Crippen LogP contribution in [0.5, 0.6) is 0 Å². The summed E-state index contributed by atoms with van der Waals surface area (Å²) in [5.74, 6) is -4.74. The molecule has 13 nitrogen and oxygen atoms in total. The van der Waals surface area contributed by atoms with Gasteiger partial charge < -0.3 is 42.6 Å². The maximum Gasteiger partial charge on any atom is 0.326 e. The fourth-order valence-corrected chi connectivity index (χ4v) is 4.13. The number of aromatic nitrogens is 1. The molecule has 0 fully saturated rings. The highest BCUT2D eigenvalue weighted by Gasteiger charge is 2.31. The van der Waals surface area contributed by atoms with E-state index in [1.807, 2.05) is 24.3 Å². The van der Waals surface area contributed by atoms with Crippen molar-refractivity contribution in [1.82, 2.24) is 20.9 Å². The number of rotatable bonds is 17. The second-order valence-electron chi connectivity index (χ2n) is 10.1. The van der Waals surface area contributed by atoms with Crippen LogP contribution in [0.3, 0.4) is 0 Å². The van der Waals surface area contributed by atoms with Crippen molar-refractivity contribution < 1.29 is 34.2 Å². The van der Waals surface area contributed by atoms with E-state index in [-0.39, 0.29) is 25.2 Å². The molecule has 2 aromatic rings. The molecule has 4 unspecified atom stereocenters. The van der Waals surface area contributed by atoms with Crippen molar-refractivity contribution in [2.75, 3.05) is 6.54 Å². The molecule has 40 heavy (non-hydrogen) atoms. The molecule has 1 aromatic carbocycles. The van der Waals surface area contributed by atoms with E-state index < -0.39 is 60.2 Å². The van der Waals surface area contributed by atoms with Gasteiger partial charge in [-0.15, -0.1) is 0 Å². The SMILES string of the molecule is CC(C)C(N)C(=O)NC(CCCCN)C(=O)NC(Cc1c[nH]c2ccccc12)C(=O)NC(CCC(=O)O)C(=O)O. The third-order valence-electron chi connectivity index (χ3n) is 6.59. The molecule has 0 aliphatic rings. The van der Waals surface area contributed by atoms with Gasteiger partial charge >= 0.3 is 11.9 Å². The number of fused-ring (bicyclic) bond motifs is 1. The lowest BCUT2D eigenvalue weighted by Gasteiger charge is -2.26. The number of amides is 3. The van der Waals surface area contributed by atoms with E-state index in [9.17, 15) is 29.1 Å². The van der Waals surface area contributed by atoms with Crippen molar-refractivity contribution in [2.24, 2.45) is 17.4 Å². The van der Waals surface area contributed by atoms with E-state index in [0.29, 0.717) is 24.9 Å². The summed E-state index contributed by atoms with van der Waals surface area (Å²) in [4.78, 5) is 65.2. The number of hydrogen-bond donors (Lipinski definition) is 8. The molecule has 0 bridgehead atoms. The number of para-hydroxylation sites is 1. The lowest BCUT2D eigenvalue weighted by atomic mass is 10.0. The van der Waals surface area contributed by atoms with Gasteiger partial charge in [0.05, 0.1) is 6.04 Å². The third kappa shape index (κ3) is 9.65. The van der Waals surface area contributed by atoms with Gasteiger partial charge in [0.25, 0.3) is 0 Å². The summed E-state index contributed by atoms with van der Waals surface area (Å²) in [5.41, 5.74) is 13.0. The number of benzene rings is 1. The Morgan fingerprint density at radius 2 is 1.50 bits per heavy atom. The number of carbonyl (C=O) groups excluding carboxylic acids is 3. The van der Waals surface area contributed by atoms with Crippen molar-refractivity contribution >= 4 is 40.6 Å². The molecule has 0 saturated carbocycles. The minimum atomic E-state index is -1.48. The van der Waals surface area contributed by atoms with Gasteiger partial charge in [0, 0.05) is 29.9 Å². The summed E-state index contributed by atoms with van der Waals surface area (Å²) in [6.45, 7) is 3.95. The molecule has 4 atom stereocenters. The van der Waals surface area contributed by atoms with Crippen molar-refractivity contribution in [3.63, 3.8) is 0 Å². The first kappa shape index (κ1) is 32.2. The number of aliphatic carboxylic acids is 2. The highest BCUT2D eigenvalue weighted by Crippen LogP contribution is 2.19. The Hall–Kier alpha value is -3.97. The Morgan fingerprint density at radius 3 is 2.12 bits per heavy atom. The number of unbranched alkanes of at least 4 members (excludes halogenated alkanes) is 1. The molecule has 220 valence electrons. The third-order valence-corrected chi connectivity index (χ3v) is 6.59. The van der Waals surface area contributed by atoms with Crippen molar-refractivity contribution in [2.45, 2.75) is 76.5 Å². The second kappa shape index (κ2) is 15.6. The maximum atomic E-state index is 13.4. The number of nitrogens with one attached hydrogen (secondary N) is 4. The smallest absolute Gasteiger partial charge is 0.326 e. The summed E-state index contributed by atoms with van der Waals surface area (Å²) >= 11 is 0. The largest absolute Gasteiger partial charge is 0.481 e. The zero-order valence-electron chi connectivity index (χ0n) is 22.8. The van der Waals surface area contributed by atoms with E-state index >= 15 is 0 Å². The molecule has 0 saturated heterocycles. The Bertz CT molecular complexity index is 1180. The zero-order valence-corrected chi connectivity index (χ0v) is 22.8. The predicted molar refractivity (Wildman–Crippen MR) is 148 cm³/mol. The van der Waals surface area contributed by atoms with Crippen LogP contribution in [-0.2, 0) is 30.4 Å². The highest BCUT2D eigenvalue weighted by molar-refractivity contribution is 5.95. The van der Waals surface area contributed by atoms with Crippen LogP contribution in [0, 0.1) is 5.92 Å². The average Bonchev–Trinajstić information content (AvgIpc) is 3.31. The maximum absolute atomic E-state index is 13.4. The average molecular weight is 561 g/mol. The standard InChI is InChI=1S/C27H40N6O7/c1-15(2)23(29)26(38)31-19(9-5-6-12-28)24(36)33-21(13-16-14-30-18-8-4-3-7-17(16)18)25(37)32-20(27(39)40)10-11-22(34)35/h3-4,7-8,14-15,19-21,23,30H,5-6,9-13,28-29H2,1-2H3,(H,31,38)(H,32,37)(H,33,36)(H,34,35)(H,39,40). The van der Waals surface area contributed by atoms with Crippen LogP contribution in [0.15, 0.2) is 30.5 Å². The van der Waals surface area contributed by atoms with Crippen molar-refractivity contribution in [3.05, 3.63) is 36.0 Å². The highest BCUT2D eigenvalue weighted by atomic mass is 16.4. The number of carboxylic acids is 2. The minimum absolute atomic E-state index is 0.00182. The van der Waals surface area contributed by atoms with Crippen LogP contribution in [0.2, 0.25) is 0 Å². The van der Waals surface area contributed by atoms with Crippen molar-refractivity contribution in [1.29, 1.82) is 0 Å². The number of aromatic amines is 1. The topological polar surface area (TPSA) is 230 Å². The lowest BCUT2D eigenvalue weighted by molar-refractivity contribution is -0.143. The zero-order chi connectivity index (χ0) is 29.8. The molecule has 2 rings (SSSR count). The molecule has 0 aliphatic carbocycles. The van der Waals surface area contributed by atoms with Crippen LogP contribution < -0.4 is 27.4 Å². The van der Waals surface area contributed by atoms with Gasteiger partial charge in [-0.2, -0.15) is 0 Å². The van der Waals surface area contributed by atoms with Gasteiger partial charge in [0.1, 0.15) is 18.1 Å². The molecule has 1 heterocycles. The Kier molecular flexibility index (Phi) is 12.6. The van der Waals surface area contributed by atoms with Gasteiger partial charge in [-0.1, -0.05) is 32.0 Å². The van der Waals surface area contributed by atoms with Gasteiger partial charge in [0.15, 0.2) is 0 Å². The molecule has 0 radical (unpaired) electrons. The normalized spacial score (nSPS) is 14.2. The number of H-pyrrole nitrogens is 1. The van der Waals surface area contributed by atoms with Gasteiger partial charge in [0.2, 0.25) is 17.7 Å². The first-order valence-electron chi connectivity index (χ1n) is 13.3. The van der Waals surface area contributed by atoms with Crippen LogP contribution in [-0.4, -0.2) is 75.6 Å². The van der Waals surface area contributed by atoms with E-state index in [0.717, 1.165) is 10.9 Å². The molecule has 0 aliphatic heterocycles. The monoisotopic (exact) mass is 560 g/mol. The summed E-state index contributed by atoms with van der Waals surface area (Å²) in [6.07, 6.45) is 2.27. The van der Waals surface area contributed by atoms with Crippen LogP contribution in [0.4, 0.5) is 0 Å². The predicted octanol–water partition coefficient (Wildman–Crippen LogP) is 0.227. The fraction of sp³-hybridized carbons (Fsp3) is 0.519. The van der Waals surface area contributed by atoms with E-state index in [4.69, 9.17) is 16.6 Å². The first-order chi connectivity index (χ1) is 18.9. The fourth-order valence-electron chi connectivity index (χ4n) is 4.13. The number of hydrogen-bond acceptors (Lipinski definition) is 7. The number of nitrogens with two attached hydrogens (primary N) is 2. The molecule has 13 heteroatoms. The Labute approximate surface area is 232 Å². The minimum Gasteiger partial charge on any atom is -0.481 e. The first-order valence-corrected chi connectivity index (χ1v) is 13.3. The molecule has 0 spiro atoms. The van der Waals surface area contributed by atoms with Crippen molar-refractivity contribution in [3.8, 4) is 0 Å². The van der Waals surface area contributed by atoms with E-state index in [1.165, 1.54) is 0 Å². The van der Waals surface area contributed by atoms with Gasteiger partial charge in [-0.25, -0.2) is 4.79 Å². The lowest BCUT2D eigenvalue weighted by Crippen LogP contribution is -2.58. The molecular formula is C27H40N6O7. The van der Waals surface area contributed by atoms with Crippen LogP contribution in [0.1, 0.15) is 51.5 Å². The molecular weight excluding hydrogens is 520 g/mol. The van der Waals surface area contributed by atoms with E-state index in [2.05, 4.69) is 20.9 Å². The Balaban J connectivity index is 2.32. The van der Waals surface area contributed by atoms with Crippen LogP contribution >= 0.6 is 0 Å². The van der Waals surface area contributed by atoms with Gasteiger partial charge in [-0.05, 0) is 49.8 Å². The quantitative estimate of drug-likeness (QED) is 0.124.